The maximum Gasteiger partial charge on any atom is 0.107 e. The second kappa shape index (κ2) is 4.09. The number of nitrogens with zero attached hydrogens (tertiary/aromatic N) is 2. The highest BCUT2D eigenvalue weighted by molar-refractivity contribution is 7.09. The van der Waals surface area contributed by atoms with E-state index in [1.54, 1.807) is 11.3 Å². The number of aromatic nitrogens is 1. The summed E-state index contributed by atoms with van der Waals surface area (Å²) in [5.41, 5.74) is 7.29. The van der Waals surface area contributed by atoms with Crippen molar-refractivity contribution in [1.82, 2.24) is 9.88 Å². The van der Waals surface area contributed by atoms with E-state index in [4.69, 9.17) is 5.73 Å². The van der Waals surface area contributed by atoms with E-state index in [0.717, 1.165) is 24.1 Å². The molecule has 16 heavy (non-hydrogen) atoms. The van der Waals surface area contributed by atoms with Crippen molar-refractivity contribution in [1.29, 1.82) is 0 Å². The lowest BCUT2D eigenvalue weighted by molar-refractivity contribution is 0.297. The van der Waals surface area contributed by atoms with Crippen molar-refractivity contribution in [2.75, 3.05) is 13.1 Å². The van der Waals surface area contributed by atoms with Crippen molar-refractivity contribution in [3.8, 4) is 0 Å². The van der Waals surface area contributed by atoms with Crippen LogP contribution in [0.5, 0.6) is 0 Å². The van der Waals surface area contributed by atoms with Gasteiger partial charge < -0.3 is 5.73 Å². The summed E-state index contributed by atoms with van der Waals surface area (Å²) in [4.78, 5) is 7.07. The molecule has 4 heteroatoms. The van der Waals surface area contributed by atoms with Crippen molar-refractivity contribution in [3.05, 3.63) is 16.1 Å². The molecule has 0 amide bonds. The molecule has 1 aliphatic carbocycles. The Morgan fingerprint density at radius 2 is 2.38 bits per heavy atom. The first-order valence-electron chi connectivity index (χ1n) is 6.11. The molecule has 0 radical (unpaired) electrons. The molecule has 3 unspecified atom stereocenters. The minimum Gasteiger partial charge on any atom is -0.327 e. The SMILES string of the molecule is Cc1csc(CN2CC3CCC(N)C3C2)n1. The van der Waals surface area contributed by atoms with Gasteiger partial charge in [-0.15, -0.1) is 11.3 Å². The summed E-state index contributed by atoms with van der Waals surface area (Å²) in [7, 11) is 0. The minimum atomic E-state index is 0.452. The number of hydrogen-bond acceptors (Lipinski definition) is 4. The summed E-state index contributed by atoms with van der Waals surface area (Å²) < 4.78 is 0. The molecule has 2 fully saturated rings. The molecule has 1 saturated carbocycles. The second-order valence-corrected chi connectivity index (χ2v) is 6.18. The molecule has 1 aliphatic heterocycles. The number of rotatable bonds is 2. The van der Waals surface area contributed by atoms with E-state index >= 15 is 0 Å². The van der Waals surface area contributed by atoms with Crippen molar-refractivity contribution >= 4 is 11.3 Å². The Morgan fingerprint density at radius 3 is 3.06 bits per heavy atom. The zero-order chi connectivity index (χ0) is 11.1. The van der Waals surface area contributed by atoms with Gasteiger partial charge in [-0.1, -0.05) is 0 Å². The third-order valence-electron chi connectivity index (χ3n) is 4.01. The summed E-state index contributed by atoms with van der Waals surface area (Å²) in [5.74, 6) is 1.61. The Morgan fingerprint density at radius 1 is 1.50 bits per heavy atom. The summed E-state index contributed by atoms with van der Waals surface area (Å²) in [5, 5.41) is 3.39. The van der Waals surface area contributed by atoms with Crippen LogP contribution in [0, 0.1) is 18.8 Å². The van der Waals surface area contributed by atoms with Gasteiger partial charge in [-0.3, -0.25) is 4.90 Å². The number of aryl methyl sites for hydroxylation is 1. The van der Waals surface area contributed by atoms with E-state index in [-0.39, 0.29) is 0 Å². The smallest absolute Gasteiger partial charge is 0.107 e. The van der Waals surface area contributed by atoms with Gasteiger partial charge in [0.2, 0.25) is 0 Å². The fraction of sp³-hybridized carbons (Fsp3) is 0.750. The van der Waals surface area contributed by atoms with E-state index < -0.39 is 0 Å². The lowest BCUT2D eigenvalue weighted by atomic mass is 9.98. The van der Waals surface area contributed by atoms with Gasteiger partial charge in [0.25, 0.3) is 0 Å². The zero-order valence-corrected chi connectivity index (χ0v) is 10.5. The average molecular weight is 237 g/mol. The third-order valence-corrected chi connectivity index (χ3v) is 4.96. The predicted molar refractivity (Wildman–Crippen MR) is 66.3 cm³/mol. The lowest BCUT2D eigenvalue weighted by Gasteiger charge is -2.16. The van der Waals surface area contributed by atoms with Crippen LogP contribution >= 0.6 is 11.3 Å². The molecule has 2 N–H and O–H groups in total. The Hall–Kier alpha value is -0.450. The fourth-order valence-corrected chi connectivity index (χ4v) is 4.01. The van der Waals surface area contributed by atoms with Crippen LogP contribution < -0.4 is 5.73 Å². The fourth-order valence-electron chi connectivity index (χ4n) is 3.20. The topological polar surface area (TPSA) is 42.1 Å². The van der Waals surface area contributed by atoms with Crippen LogP contribution in [-0.2, 0) is 6.54 Å². The van der Waals surface area contributed by atoms with Crippen LogP contribution in [0.15, 0.2) is 5.38 Å². The maximum absolute atomic E-state index is 6.14. The summed E-state index contributed by atoms with van der Waals surface area (Å²) in [6, 6.07) is 0.452. The van der Waals surface area contributed by atoms with Crippen LogP contribution in [0.4, 0.5) is 0 Å². The van der Waals surface area contributed by atoms with Crippen LogP contribution in [0.2, 0.25) is 0 Å². The molecular weight excluding hydrogens is 218 g/mol. The van der Waals surface area contributed by atoms with Gasteiger partial charge >= 0.3 is 0 Å². The Kier molecular flexibility index (Phi) is 2.73. The summed E-state index contributed by atoms with van der Waals surface area (Å²) in [6.07, 6.45) is 2.57. The lowest BCUT2D eigenvalue weighted by Crippen LogP contribution is -2.30. The van der Waals surface area contributed by atoms with E-state index in [1.807, 2.05) is 0 Å². The van der Waals surface area contributed by atoms with Gasteiger partial charge in [-0.2, -0.15) is 0 Å². The minimum absolute atomic E-state index is 0.452. The first-order chi connectivity index (χ1) is 7.72. The van der Waals surface area contributed by atoms with Gasteiger partial charge in [0.1, 0.15) is 5.01 Å². The highest BCUT2D eigenvalue weighted by Gasteiger charge is 2.40. The number of nitrogens with two attached hydrogens (primary N) is 1. The highest BCUT2D eigenvalue weighted by Crippen LogP contribution is 2.37. The number of hydrogen-bond donors (Lipinski definition) is 1. The van der Waals surface area contributed by atoms with E-state index in [0.29, 0.717) is 6.04 Å². The van der Waals surface area contributed by atoms with Crippen LogP contribution in [-0.4, -0.2) is 29.0 Å². The molecule has 3 atom stereocenters. The van der Waals surface area contributed by atoms with Crippen LogP contribution in [0.3, 0.4) is 0 Å². The molecule has 3 nitrogen and oxygen atoms in total. The first kappa shape index (κ1) is 10.7. The molecule has 1 saturated heterocycles. The normalized spacial score (nSPS) is 34.5. The van der Waals surface area contributed by atoms with Crippen molar-refractivity contribution in [3.63, 3.8) is 0 Å². The van der Waals surface area contributed by atoms with Crippen molar-refractivity contribution in [2.45, 2.75) is 32.4 Å². The van der Waals surface area contributed by atoms with E-state index in [1.165, 1.54) is 30.9 Å². The first-order valence-corrected chi connectivity index (χ1v) is 6.99. The Balaban J connectivity index is 1.62. The largest absolute Gasteiger partial charge is 0.327 e. The van der Waals surface area contributed by atoms with E-state index in [2.05, 4.69) is 22.2 Å². The van der Waals surface area contributed by atoms with Crippen LogP contribution in [0.25, 0.3) is 0 Å². The number of thiazole rings is 1. The molecule has 2 heterocycles. The Labute approximate surface area is 101 Å². The molecule has 2 aliphatic rings. The number of fused-ring (bicyclic) bond motifs is 1. The van der Waals surface area contributed by atoms with Crippen molar-refractivity contribution < 1.29 is 0 Å². The molecule has 3 rings (SSSR count). The van der Waals surface area contributed by atoms with Gasteiger partial charge in [0.05, 0.1) is 6.54 Å². The Bertz CT molecular complexity index is 376. The number of likely N-dealkylation sites (tertiary alicyclic amines) is 1. The molecule has 1 aromatic rings. The highest BCUT2D eigenvalue weighted by atomic mass is 32.1. The van der Waals surface area contributed by atoms with Gasteiger partial charge in [0.15, 0.2) is 0 Å². The molecular formula is C12H19N3S. The molecule has 0 spiro atoms. The molecule has 0 bridgehead atoms. The van der Waals surface area contributed by atoms with E-state index in [9.17, 15) is 0 Å². The van der Waals surface area contributed by atoms with Crippen molar-refractivity contribution in [2.24, 2.45) is 17.6 Å². The summed E-state index contributed by atoms with van der Waals surface area (Å²) in [6.45, 7) is 5.51. The monoisotopic (exact) mass is 237 g/mol. The predicted octanol–water partition coefficient (Wildman–Crippen LogP) is 1.62. The summed E-state index contributed by atoms with van der Waals surface area (Å²) >= 11 is 1.78. The third kappa shape index (κ3) is 1.90. The quantitative estimate of drug-likeness (QED) is 0.850. The zero-order valence-electron chi connectivity index (χ0n) is 9.72. The van der Waals surface area contributed by atoms with Crippen LogP contribution in [0.1, 0.15) is 23.5 Å². The van der Waals surface area contributed by atoms with Gasteiger partial charge in [-0.25, -0.2) is 4.98 Å². The van der Waals surface area contributed by atoms with Gasteiger partial charge in [0, 0.05) is 30.2 Å². The second-order valence-electron chi connectivity index (χ2n) is 5.24. The molecule has 1 aromatic heterocycles. The molecule has 88 valence electrons. The standard InChI is InChI=1S/C12H19N3S/c1-8-7-16-12(14-8)6-15-4-9-2-3-11(13)10(9)5-15/h7,9-11H,2-6,13H2,1H3. The van der Waals surface area contributed by atoms with Gasteiger partial charge in [-0.05, 0) is 31.6 Å². The maximum atomic E-state index is 6.14. The molecule has 0 aromatic carbocycles. The average Bonchev–Trinajstić information content (AvgIpc) is 2.88.